The van der Waals surface area contributed by atoms with Crippen molar-refractivity contribution in [3.8, 4) is 5.75 Å². The monoisotopic (exact) mass is 370 g/mol. The Morgan fingerprint density at radius 2 is 1.19 bits per heavy atom. The maximum atomic E-state index is 11.0. The highest BCUT2D eigenvalue weighted by Crippen LogP contribution is 2.11. The van der Waals surface area contributed by atoms with Gasteiger partial charge in [0.25, 0.3) is 0 Å². The number of ketones is 2. The number of hydrogen-bond acceptors (Lipinski definition) is 3. The summed E-state index contributed by atoms with van der Waals surface area (Å²) in [6.45, 7) is 12.3. The van der Waals surface area contributed by atoms with Crippen molar-refractivity contribution in [3.05, 3.63) is 65.2 Å². The summed E-state index contributed by atoms with van der Waals surface area (Å²) in [5, 5.41) is 0. The van der Waals surface area contributed by atoms with Crippen molar-refractivity contribution in [2.45, 2.75) is 60.8 Å². The first-order valence-electron chi connectivity index (χ1n) is 9.67. The maximum Gasteiger partial charge on any atom is 0.160 e. The highest BCUT2D eigenvalue weighted by Gasteiger charge is 2.08. The van der Waals surface area contributed by atoms with Crippen LogP contribution in [-0.4, -0.2) is 18.2 Å². The van der Waals surface area contributed by atoms with Crippen LogP contribution in [0.4, 0.5) is 0 Å². The van der Waals surface area contributed by atoms with E-state index in [9.17, 15) is 9.59 Å². The third-order valence-electron chi connectivity index (χ3n) is 3.68. The van der Waals surface area contributed by atoms with Crippen molar-refractivity contribution in [1.29, 1.82) is 0 Å². The Hall–Kier alpha value is -2.42. The topological polar surface area (TPSA) is 43.4 Å². The van der Waals surface area contributed by atoms with E-state index in [0.717, 1.165) is 18.8 Å². The number of benzene rings is 2. The van der Waals surface area contributed by atoms with Gasteiger partial charge in [-0.15, -0.1) is 0 Å². The first kappa shape index (κ1) is 24.6. The van der Waals surface area contributed by atoms with Gasteiger partial charge in [-0.25, -0.2) is 0 Å². The van der Waals surface area contributed by atoms with E-state index in [1.807, 2.05) is 12.1 Å². The highest BCUT2D eigenvalue weighted by molar-refractivity contribution is 6.07. The Morgan fingerprint density at radius 1 is 0.741 bits per heavy atom. The van der Waals surface area contributed by atoms with Crippen LogP contribution in [0, 0.1) is 6.92 Å². The van der Waals surface area contributed by atoms with E-state index in [0.29, 0.717) is 11.1 Å². The summed E-state index contributed by atoms with van der Waals surface area (Å²) < 4.78 is 5.41. The lowest BCUT2D eigenvalue weighted by atomic mass is 10.0. The number of carbonyl (C=O) groups is 2. The lowest BCUT2D eigenvalue weighted by Gasteiger charge is -2.03. The number of Topliss-reactive ketones (excluding diaryl/α,β-unsaturated/α-hetero) is 2. The van der Waals surface area contributed by atoms with Crippen molar-refractivity contribution in [2.24, 2.45) is 0 Å². The second-order valence-electron chi connectivity index (χ2n) is 6.32. The molecule has 148 valence electrons. The molecule has 27 heavy (non-hydrogen) atoms. The fourth-order valence-electron chi connectivity index (χ4n) is 1.95. The summed E-state index contributed by atoms with van der Waals surface area (Å²) in [4.78, 5) is 22.0. The van der Waals surface area contributed by atoms with Gasteiger partial charge >= 0.3 is 0 Å². The van der Waals surface area contributed by atoms with Gasteiger partial charge in [-0.05, 0) is 39.3 Å². The van der Waals surface area contributed by atoms with Gasteiger partial charge in [-0.1, -0.05) is 75.6 Å². The maximum absolute atomic E-state index is 11.0. The number of unbranched alkanes of at least 4 members (excludes halogenated alkanes) is 1. The van der Waals surface area contributed by atoms with Gasteiger partial charge in [0.15, 0.2) is 11.6 Å². The van der Waals surface area contributed by atoms with E-state index in [1.165, 1.54) is 32.3 Å². The van der Waals surface area contributed by atoms with E-state index in [-0.39, 0.29) is 11.6 Å². The molecule has 0 aliphatic rings. The third kappa shape index (κ3) is 11.0. The molecule has 0 saturated carbocycles. The minimum Gasteiger partial charge on any atom is -0.494 e. The molecule has 2 aromatic carbocycles. The van der Waals surface area contributed by atoms with Crippen LogP contribution < -0.4 is 4.74 Å². The van der Waals surface area contributed by atoms with Crippen LogP contribution in [0.15, 0.2) is 48.5 Å². The molecule has 0 radical (unpaired) electrons. The zero-order valence-electron chi connectivity index (χ0n) is 17.7. The first-order valence-corrected chi connectivity index (χ1v) is 9.67. The Balaban J connectivity index is 0.000000421. The van der Waals surface area contributed by atoms with Crippen LogP contribution in [0.25, 0.3) is 0 Å². The molecule has 0 unspecified atom stereocenters. The fourth-order valence-corrected chi connectivity index (χ4v) is 1.95. The standard InChI is InChI=1S/C10H10O2.C10H14O.C4H10/c1-7(11)9-5-3-4-6-10(9)8(2)12;1-3-8-11-10-6-4-9(2)5-7-10;1-3-4-2/h3-6H,1-2H3;4-7H,3,8H2,1-2H3;3-4H2,1-2H3. The molecule has 0 aliphatic heterocycles. The Morgan fingerprint density at radius 3 is 1.52 bits per heavy atom. The molecule has 0 spiro atoms. The van der Waals surface area contributed by atoms with Gasteiger partial charge in [0.1, 0.15) is 5.75 Å². The van der Waals surface area contributed by atoms with E-state index < -0.39 is 0 Å². The number of rotatable bonds is 6. The second-order valence-corrected chi connectivity index (χ2v) is 6.32. The van der Waals surface area contributed by atoms with Crippen LogP contribution >= 0.6 is 0 Å². The molecule has 0 amide bonds. The summed E-state index contributed by atoms with van der Waals surface area (Å²) in [6, 6.07) is 15.0. The normalized spacial score (nSPS) is 9.26. The molecule has 0 saturated heterocycles. The predicted octanol–water partition coefficient (Wildman–Crippen LogP) is 6.68. The minimum atomic E-state index is -0.0687. The Kier molecular flexibility index (Phi) is 13.4. The van der Waals surface area contributed by atoms with E-state index >= 15 is 0 Å². The summed E-state index contributed by atoms with van der Waals surface area (Å²) in [5.74, 6) is 0.832. The smallest absolute Gasteiger partial charge is 0.160 e. The van der Waals surface area contributed by atoms with Crippen LogP contribution in [0.5, 0.6) is 5.75 Å². The lowest BCUT2D eigenvalue weighted by molar-refractivity contribution is 0.0981. The van der Waals surface area contributed by atoms with Crippen LogP contribution in [0.3, 0.4) is 0 Å². The first-order chi connectivity index (χ1) is 12.9. The third-order valence-corrected chi connectivity index (χ3v) is 3.68. The number of ether oxygens (including phenoxy) is 1. The van der Waals surface area contributed by atoms with E-state index in [1.54, 1.807) is 24.3 Å². The zero-order valence-corrected chi connectivity index (χ0v) is 17.7. The van der Waals surface area contributed by atoms with E-state index in [4.69, 9.17) is 4.74 Å². The molecule has 2 rings (SSSR count). The summed E-state index contributed by atoms with van der Waals surface area (Å²) in [7, 11) is 0. The summed E-state index contributed by atoms with van der Waals surface area (Å²) in [5.41, 5.74) is 2.28. The predicted molar refractivity (Wildman–Crippen MR) is 114 cm³/mol. The van der Waals surface area contributed by atoms with Gasteiger partial charge in [-0.2, -0.15) is 0 Å². The van der Waals surface area contributed by atoms with Gasteiger partial charge in [0.05, 0.1) is 6.61 Å². The number of hydrogen-bond donors (Lipinski definition) is 0. The molecule has 3 nitrogen and oxygen atoms in total. The summed E-state index contributed by atoms with van der Waals surface area (Å²) in [6.07, 6.45) is 3.70. The van der Waals surface area contributed by atoms with Crippen LogP contribution in [0.1, 0.15) is 80.2 Å². The molecular formula is C24H34O3. The average molecular weight is 371 g/mol. The average Bonchev–Trinajstić information content (AvgIpc) is 2.68. The molecule has 0 atom stereocenters. The zero-order chi connectivity index (χ0) is 20.7. The molecule has 2 aromatic rings. The summed E-state index contributed by atoms with van der Waals surface area (Å²) >= 11 is 0. The quantitative estimate of drug-likeness (QED) is 0.532. The molecule has 0 aliphatic carbocycles. The van der Waals surface area contributed by atoms with Crippen molar-refractivity contribution >= 4 is 11.6 Å². The minimum absolute atomic E-state index is 0.0687. The van der Waals surface area contributed by atoms with Crippen molar-refractivity contribution in [1.82, 2.24) is 0 Å². The SMILES string of the molecule is CC(=O)c1ccccc1C(C)=O.CCCC.CCCOc1ccc(C)cc1. The molecule has 3 heteroatoms. The number of carbonyl (C=O) groups excluding carboxylic acids is 2. The van der Waals surface area contributed by atoms with Gasteiger partial charge in [0.2, 0.25) is 0 Å². The lowest BCUT2D eigenvalue weighted by Crippen LogP contribution is -2.02. The van der Waals surface area contributed by atoms with Gasteiger partial charge < -0.3 is 4.74 Å². The molecule has 0 N–H and O–H groups in total. The van der Waals surface area contributed by atoms with Crippen LogP contribution in [-0.2, 0) is 0 Å². The molecule has 0 fully saturated rings. The van der Waals surface area contributed by atoms with Crippen molar-refractivity contribution in [3.63, 3.8) is 0 Å². The molecular weight excluding hydrogens is 336 g/mol. The Labute approximate surface area is 164 Å². The van der Waals surface area contributed by atoms with E-state index in [2.05, 4.69) is 39.8 Å². The Bertz CT molecular complexity index is 637. The molecule has 0 aromatic heterocycles. The van der Waals surface area contributed by atoms with Crippen molar-refractivity contribution < 1.29 is 14.3 Å². The molecule has 0 bridgehead atoms. The van der Waals surface area contributed by atoms with Crippen LogP contribution in [0.2, 0.25) is 0 Å². The van der Waals surface area contributed by atoms with Gasteiger partial charge in [0, 0.05) is 11.1 Å². The molecule has 0 heterocycles. The second kappa shape index (κ2) is 14.7. The largest absolute Gasteiger partial charge is 0.494 e. The number of aryl methyl sites for hydroxylation is 1. The fraction of sp³-hybridized carbons (Fsp3) is 0.417. The van der Waals surface area contributed by atoms with Crippen molar-refractivity contribution in [2.75, 3.05) is 6.61 Å². The van der Waals surface area contributed by atoms with Gasteiger partial charge in [-0.3, -0.25) is 9.59 Å². The highest BCUT2D eigenvalue weighted by atomic mass is 16.5.